The third-order valence-electron chi connectivity index (χ3n) is 2.11. The molecule has 0 radical (unpaired) electrons. The van der Waals surface area contributed by atoms with Crippen molar-refractivity contribution in [2.75, 3.05) is 18.4 Å². The van der Waals surface area contributed by atoms with Crippen molar-refractivity contribution in [3.63, 3.8) is 0 Å². The Morgan fingerprint density at radius 2 is 2.25 bits per heavy atom. The summed E-state index contributed by atoms with van der Waals surface area (Å²) in [6.45, 7) is 5.53. The van der Waals surface area contributed by atoms with Crippen molar-refractivity contribution in [3.8, 4) is 0 Å². The maximum atomic E-state index is 11.3. The first-order valence-corrected chi connectivity index (χ1v) is 6.59. The number of aromatic nitrogens is 1. The summed E-state index contributed by atoms with van der Waals surface area (Å²) in [4.78, 5) is 15.6. The molecule has 1 rings (SSSR count). The van der Waals surface area contributed by atoms with Crippen molar-refractivity contribution in [2.45, 2.75) is 33.1 Å². The summed E-state index contributed by atoms with van der Waals surface area (Å²) in [5, 5.41) is 8.94. The van der Waals surface area contributed by atoms with Crippen molar-refractivity contribution in [1.29, 1.82) is 0 Å². The predicted molar refractivity (Wildman–Crippen MR) is 67.9 cm³/mol. The molecule has 0 saturated heterocycles. The number of nitrogens with zero attached hydrogens (tertiary/aromatic N) is 1. The Kier molecular flexibility index (Phi) is 5.85. The normalized spacial score (nSPS) is 10.1. The van der Waals surface area contributed by atoms with E-state index in [-0.39, 0.29) is 5.91 Å². The zero-order chi connectivity index (χ0) is 11.8. The van der Waals surface area contributed by atoms with Gasteiger partial charge in [0.05, 0.1) is 5.69 Å². The summed E-state index contributed by atoms with van der Waals surface area (Å²) >= 11 is 1.59. The monoisotopic (exact) mass is 241 g/mol. The van der Waals surface area contributed by atoms with Crippen molar-refractivity contribution < 1.29 is 4.79 Å². The van der Waals surface area contributed by atoms with Gasteiger partial charge >= 0.3 is 0 Å². The summed E-state index contributed by atoms with van der Waals surface area (Å²) in [5.41, 5.74) is 1.10. The Balaban J connectivity index is 2.17. The van der Waals surface area contributed by atoms with Gasteiger partial charge in [0.2, 0.25) is 5.91 Å². The maximum Gasteiger partial charge on any atom is 0.221 e. The molecule has 0 atom stereocenters. The highest BCUT2D eigenvalue weighted by Crippen LogP contribution is 2.15. The first-order chi connectivity index (χ1) is 7.76. The van der Waals surface area contributed by atoms with Crippen LogP contribution >= 0.6 is 11.3 Å². The van der Waals surface area contributed by atoms with Crippen LogP contribution in [0.2, 0.25) is 0 Å². The topological polar surface area (TPSA) is 54.0 Å². The number of rotatable bonds is 7. The molecule has 0 saturated carbocycles. The van der Waals surface area contributed by atoms with Crippen LogP contribution in [0.15, 0.2) is 5.38 Å². The van der Waals surface area contributed by atoms with Crippen LogP contribution in [-0.4, -0.2) is 24.0 Å². The van der Waals surface area contributed by atoms with E-state index in [1.807, 2.05) is 12.3 Å². The fourth-order valence-electron chi connectivity index (χ4n) is 1.19. The van der Waals surface area contributed by atoms with Gasteiger partial charge in [0.25, 0.3) is 0 Å². The quantitative estimate of drug-likeness (QED) is 0.768. The molecular formula is C11H19N3OS. The lowest BCUT2D eigenvalue weighted by Gasteiger charge is -2.03. The average molecular weight is 241 g/mol. The van der Waals surface area contributed by atoms with Crippen molar-refractivity contribution in [2.24, 2.45) is 0 Å². The lowest BCUT2D eigenvalue weighted by Crippen LogP contribution is -2.25. The van der Waals surface area contributed by atoms with Gasteiger partial charge in [-0.05, 0) is 12.8 Å². The van der Waals surface area contributed by atoms with Crippen LogP contribution in [0.4, 0.5) is 5.13 Å². The second kappa shape index (κ2) is 7.22. The van der Waals surface area contributed by atoms with E-state index in [1.54, 1.807) is 11.3 Å². The molecule has 16 heavy (non-hydrogen) atoms. The molecule has 5 heteroatoms. The Morgan fingerprint density at radius 3 is 2.88 bits per heavy atom. The molecule has 0 unspecified atom stereocenters. The molecule has 0 aliphatic carbocycles. The fourth-order valence-corrected chi connectivity index (χ4v) is 2.01. The van der Waals surface area contributed by atoms with Crippen LogP contribution < -0.4 is 10.6 Å². The second-order valence-electron chi connectivity index (χ2n) is 3.52. The molecule has 0 bridgehead atoms. The fraction of sp³-hybridized carbons (Fsp3) is 0.636. The SMILES string of the molecule is CCCNC(=O)CCNc1nc(CC)cs1. The van der Waals surface area contributed by atoms with E-state index in [9.17, 15) is 4.79 Å². The zero-order valence-corrected chi connectivity index (χ0v) is 10.7. The predicted octanol–water partition coefficient (Wildman–Crippen LogP) is 2.03. The number of hydrogen-bond donors (Lipinski definition) is 2. The standard InChI is InChI=1S/C11H19N3OS/c1-3-6-12-10(15)5-7-13-11-14-9(4-2)8-16-11/h8H,3-7H2,1-2H3,(H,12,15)(H,13,14). The molecule has 0 aliphatic rings. The lowest BCUT2D eigenvalue weighted by molar-refractivity contribution is -0.120. The molecule has 1 amide bonds. The highest BCUT2D eigenvalue weighted by atomic mass is 32.1. The number of amides is 1. The van der Waals surface area contributed by atoms with Crippen LogP contribution in [0.25, 0.3) is 0 Å². The second-order valence-corrected chi connectivity index (χ2v) is 4.38. The van der Waals surface area contributed by atoms with Gasteiger partial charge in [-0.25, -0.2) is 4.98 Å². The van der Waals surface area contributed by atoms with Gasteiger partial charge in [0.15, 0.2) is 5.13 Å². The van der Waals surface area contributed by atoms with Gasteiger partial charge < -0.3 is 10.6 Å². The van der Waals surface area contributed by atoms with Gasteiger partial charge in [0.1, 0.15) is 0 Å². The number of anilines is 1. The van der Waals surface area contributed by atoms with Crippen molar-refractivity contribution in [3.05, 3.63) is 11.1 Å². The molecule has 90 valence electrons. The summed E-state index contributed by atoms with van der Waals surface area (Å²) in [6, 6.07) is 0. The molecule has 1 heterocycles. The Morgan fingerprint density at radius 1 is 1.44 bits per heavy atom. The summed E-state index contributed by atoms with van der Waals surface area (Å²) < 4.78 is 0. The number of aryl methyl sites for hydroxylation is 1. The number of thiazole rings is 1. The van der Waals surface area contributed by atoms with Gasteiger partial charge in [-0.15, -0.1) is 11.3 Å². The Bertz CT molecular complexity index is 325. The molecule has 2 N–H and O–H groups in total. The third kappa shape index (κ3) is 4.61. The van der Waals surface area contributed by atoms with E-state index < -0.39 is 0 Å². The number of nitrogens with one attached hydrogen (secondary N) is 2. The van der Waals surface area contributed by atoms with E-state index in [0.29, 0.717) is 13.0 Å². The number of carbonyl (C=O) groups is 1. The molecular weight excluding hydrogens is 222 g/mol. The minimum Gasteiger partial charge on any atom is -0.361 e. The molecule has 1 aromatic heterocycles. The first-order valence-electron chi connectivity index (χ1n) is 5.71. The minimum absolute atomic E-state index is 0.0987. The van der Waals surface area contributed by atoms with Crippen LogP contribution in [-0.2, 0) is 11.2 Å². The zero-order valence-electron chi connectivity index (χ0n) is 9.88. The van der Waals surface area contributed by atoms with Crippen LogP contribution in [0, 0.1) is 0 Å². The highest BCUT2D eigenvalue weighted by molar-refractivity contribution is 7.13. The Labute approximate surface area is 100 Å². The smallest absolute Gasteiger partial charge is 0.221 e. The minimum atomic E-state index is 0.0987. The summed E-state index contributed by atoms with van der Waals surface area (Å²) in [5.74, 6) is 0.0987. The average Bonchev–Trinajstić information content (AvgIpc) is 2.74. The van der Waals surface area contributed by atoms with Gasteiger partial charge in [-0.3, -0.25) is 4.79 Å². The van der Waals surface area contributed by atoms with Crippen molar-refractivity contribution >= 4 is 22.4 Å². The van der Waals surface area contributed by atoms with Crippen LogP contribution in [0.5, 0.6) is 0 Å². The summed E-state index contributed by atoms with van der Waals surface area (Å²) in [7, 11) is 0. The number of carbonyl (C=O) groups excluding carboxylic acids is 1. The number of hydrogen-bond acceptors (Lipinski definition) is 4. The summed E-state index contributed by atoms with van der Waals surface area (Å²) in [6.07, 6.45) is 2.43. The molecule has 0 spiro atoms. The van der Waals surface area contributed by atoms with Crippen LogP contribution in [0.1, 0.15) is 32.4 Å². The molecule has 0 aliphatic heterocycles. The van der Waals surface area contributed by atoms with Gasteiger partial charge in [-0.2, -0.15) is 0 Å². The molecule has 1 aromatic rings. The van der Waals surface area contributed by atoms with Gasteiger partial charge in [0, 0.05) is 24.9 Å². The Hall–Kier alpha value is -1.10. The van der Waals surface area contributed by atoms with E-state index >= 15 is 0 Å². The van der Waals surface area contributed by atoms with E-state index in [0.717, 1.165) is 30.2 Å². The highest BCUT2D eigenvalue weighted by Gasteiger charge is 2.02. The van der Waals surface area contributed by atoms with E-state index in [4.69, 9.17) is 0 Å². The van der Waals surface area contributed by atoms with E-state index in [1.165, 1.54) is 0 Å². The van der Waals surface area contributed by atoms with Gasteiger partial charge in [-0.1, -0.05) is 13.8 Å². The third-order valence-corrected chi connectivity index (χ3v) is 2.96. The largest absolute Gasteiger partial charge is 0.361 e. The first kappa shape index (κ1) is 13.0. The maximum absolute atomic E-state index is 11.3. The molecule has 0 fully saturated rings. The van der Waals surface area contributed by atoms with Crippen molar-refractivity contribution in [1.82, 2.24) is 10.3 Å². The van der Waals surface area contributed by atoms with E-state index in [2.05, 4.69) is 22.5 Å². The molecule has 4 nitrogen and oxygen atoms in total. The lowest BCUT2D eigenvalue weighted by atomic mass is 10.4. The molecule has 0 aromatic carbocycles. The van der Waals surface area contributed by atoms with Crippen LogP contribution in [0.3, 0.4) is 0 Å².